The molecule has 1 aromatic carbocycles. The van der Waals surface area contributed by atoms with Gasteiger partial charge in [-0.25, -0.2) is 18.4 Å². The highest BCUT2D eigenvalue weighted by atomic mass is 32.2. The zero-order valence-electron chi connectivity index (χ0n) is 14.0. The van der Waals surface area contributed by atoms with Gasteiger partial charge in [-0.05, 0) is 44.0 Å². The van der Waals surface area contributed by atoms with Crippen LogP contribution in [0.15, 0.2) is 35.5 Å². The number of hydrogen-bond acceptors (Lipinski definition) is 6. The molecule has 0 saturated heterocycles. The van der Waals surface area contributed by atoms with E-state index in [4.69, 9.17) is 0 Å². The van der Waals surface area contributed by atoms with Crippen molar-refractivity contribution in [1.82, 2.24) is 9.97 Å². The lowest BCUT2D eigenvalue weighted by molar-refractivity contribution is 0.602. The van der Waals surface area contributed by atoms with E-state index in [0.29, 0.717) is 4.90 Å². The average molecular weight is 361 g/mol. The molecule has 0 spiro atoms. The fraction of sp³-hybridized carbons (Fsp3) is 0.294. The molecule has 0 aliphatic heterocycles. The van der Waals surface area contributed by atoms with Crippen LogP contribution in [-0.4, -0.2) is 24.6 Å². The van der Waals surface area contributed by atoms with Crippen molar-refractivity contribution in [2.75, 3.05) is 11.6 Å². The minimum atomic E-state index is -3.18. The highest BCUT2D eigenvalue weighted by Gasteiger charge is 2.15. The van der Waals surface area contributed by atoms with Crippen LogP contribution in [0.5, 0.6) is 0 Å². The van der Waals surface area contributed by atoms with Crippen molar-refractivity contribution in [1.29, 1.82) is 0 Å². The number of sulfone groups is 1. The largest absolute Gasteiger partial charge is 0.363 e. The number of rotatable bonds is 4. The third-order valence-electron chi connectivity index (χ3n) is 4.13. The highest BCUT2D eigenvalue weighted by molar-refractivity contribution is 7.90. The first kappa shape index (κ1) is 16.9. The molecule has 2 heterocycles. The predicted molar refractivity (Wildman–Crippen MR) is 98.5 cm³/mol. The number of aromatic nitrogens is 2. The zero-order chi connectivity index (χ0) is 17.5. The summed E-state index contributed by atoms with van der Waals surface area (Å²) < 4.78 is 23.1. The van der Waals surface area contributed by atoms with Gasteiger partial charge < -0.3 is 5.32 Å². The van der Waals surface area contributed by atoms with Crippen LogP contribution in [0.25, 0.3) is 10.2 Å². The van der Waals surface area contributed by atoms with E-state index < -0.39 is 9.84 Å². The Labute approximate surface area is 145 Å². The van der Waals surface area contributed by atoms with Gasteiger partial charge in [-0.2, -0.15) is 0 Å². The minimum absolute atomic E-state index is 0.00341. The van der Waals surface area contributed by atoms with Crippen molar-refractivity contribution in [3.8, 4) is 0 Å². The van der Waals surface area contributed by atoms with Crippen LogP contribution in [0.2, 0.25) is 0 Å². The molecule has 0 unspecified atom stereocenters. The minimum Gasteiger partial charge on any atom is -0.363 e. The van der Waals surface area contributed by atoms with Crippen molar-refractivity contribution in [3.05, 3.63) is 46.6 Å². The molecule has 0 aliphatic rings. The summed E-state index contributed by atoms with van der Waals surface area (Å²) in [5.74, 6) is 0.807. The second-order valence-electron chi connectivity index (χ2n) is 5.89. The highest BCUT2D eigenvalue weighted by Crippen LogP contribution is 2.33. The quantitative estimate of drug-likeness (QED) is 0.763. The lowest BCUT2D eigenvalue weighted by Gasteiger charge is -2.16. The van der Waals surface area contributed by atoms with E-state index in [1.54, 1.807) is 29.8 Å². The number of hydrogen-bond donors (Lipinski definition) is 1. The molecule has 1 N–H and O–H groups in total. The third kappa shape index (κ3) is 3.14. The predicted octanol–water partition coefficient (Wildman–Crippen LogP) is 3.88. The first-order chi connectivity index (χ1) is 11.3. The summed E-state index contributed by atoms with van der Waals surface area (Å²) in [6.45, 7) is 6.19. The molecular formula is C17H19N3O2S2. The van der Waals surface area contributed by atoms with Crippen LogP contribution in [0.1, 0.15) is 29.0 Å². The van der Waals surface area contributed by atoms with Crippen LogP contribution in [0.4, 0.5) is 5.82 Å². The Morgan fingerprint density at radius 1 is 1.12 bits per heavy atom. The third-order valence-corrected chi connectivity index (χ3v) is 6.37. The maximum atomic E-state index is 11.6. The van der Waals surface area contributed by atoms with Crippen molar-refractivity contribution in [2.45, 2.75) is 31.7 Å². The topological polar surface area (TPSA) is 72.0 Å². The van der Waals surface area contributed by atoms with Gasteiger partial charge in [0.05, 0.1) is 10.3 Å². The van der Waals surface area contributed by atoms with Gasteiger partial charge in [0.1, 0.15) is 17.0 Å². The fourth-order valence-electron chi connectivity index (χ4n) is 2.58. The second kappa shape index (κ2) is 6.14. The maximum absolute atomic E-state index is 11.6. The van der Waals surface area contributed by atoms with E-state index in [0.717, 1.165) is 21.6 Å². The molecule has 0 saturated carbocycles. The van der Waals surface area contributed by atoms with Gasteiger partial charge in [-0.1, -0.05) is 12.1 Å². The summed E-state index contributed by atoms with van der Waals surface area (Å²) in [6, 6.07) is 6.93. The van der Waals surface area contributed by atoms with E-state index in [1.807, 2.05) is 19.1 Å². The summed E-state index contributed by atoms with van der Waals surface area (Å²) in [5, 5.41) is 4.47. The summed E-state index contributed by atoms with van der Waals surface area (Å²) in [6.07, 6.45) is 2.78. The molecule has 2 aromatic heterocycles. The SMILES string of the molecule is Cc1sc2ncnc(N[C@@H](C)c3ccc(S(C)(=O)=O)cc3)c2c1C. The number of anilines is 1. The number of aryl methyl sites for hydroxylation is 2. The lowest BCUT2D eigenvalue weighted by atomic mass is 10.1. The van der Waals surface area contributed by atoms with Crippen molar-refractivity contribution in [3.63, 3.8) is 0 Å². The van der Waals surface area contributed by atoms with Gasteiger partial charge >= 0.3 is 0 Å². The molecule has 0 amide bonds. The molecular weight excluding hydrogens is 342 g/mol. The molecule has 1 atom stereocenters. The molecule has 0 radical (unpaired) electrons. The number of benzene rings is 1. The van der Waals surface area contributed by atoms with Gasteiger partial charge in [0, 0.05) is 17.2 Å². The van der Waals surface area contributed by atoms with E-state index in [-0.39, 0.29) is 6.04 Å². The van der Waals surface area contributed by atoms with E-state index in [9.17, 15) is 8.42 Å². The van der Waals surface area contributed by atoms with Gasteiger partial charge in [0.15, 0.2) is 9.84 Å². The Morgan fingerprint density at radius 2 is 1.79 bits per heavy atom. The van der Waals surface area contributed by atoms with E-state index in [1.165, 1.54) is 16.7 Å². The molecule has 5 nitrogen and oxygen atoms in total. The first-order valence-corrected chi connectivity index (χ1v) is 10.3. The summed E-state index contributed by atoms with van der Waals surface area (Å²) in [4.78, 5) is 11.3. The number of nitrogens with zero attached hydrogens (tertiary/aromatic N) is 2. The first-order valence-electron chi connectivity index (χ1n) is 7.54. The van der Waals surface area contributed by atoms with Gasteiger partial charge in [0.25, 0.3) is 0 Å². The number of nitrogens with one attached hydrogen (secondary N) is 1. The van der Waals surface area contributed by atoms with Crippen LogP contribution >= 0.6 is 11.3 Å². The Hall–Kier alpha value is -1.99. The van der Waals surface area contributed by atoms with Crippen molar-refractivity contribution < 1.29 is 8.42 Å². The monoisotopic (exact) mass is 361 g/mol. The van der Waals surface area contributed by atoms with Gasteiger partial charge in [-0.15, -0.1) is 11.3 Å². The zero-order valence-corrected chi connectivity index (χ0v) is 15.6. The van der Waals surface area contributed by atoms with Gasteiger partial charge in [0.2, 0.25) is 0 Å². The average Bonchev–Trinajstić information content (AvgIpc) is 2.82. The summed E-state index contributed by atoms with van der Waals surface area (Å²) in [7, 11) is -3.18. The standard InChI is InChI=1S/C17H19N3O2S2/c1-10-12(3)23-17-15(10)16(18-9-19-17)20-11(2)13-5-7-14(8-6-13)24(4,21)22/h5-9,11H,1-4H3,(H,18,19,20)/t11-/m0/s1. The Morgan fingerprint density at radius 3 is 2.42 bits per heavy atom. The molecule has 24 heavy (non-hydrogen) atoms. The van der Waals surface area contributed by atoms with Crippen LogP contribution in [0, 0.1) is 13.8 Å². The van der Waals surface area contributed by atoms with E-state index >= 15 is 0 Å². The molecule has 3 rings (SSSR count). The number of fused-ring (bicyclic) bond motifs is 1. The molecule has 7 heteroatoms. The smallest absolute Gasteiger partial charge is 0.175 e. The van der Waals surface area contributed by atoms with Crippen LogP contribution in [0.3, 0.4) is 0 Å². The Balaban J connectivity index is 1.91. The second-order valence-corrected chi connectivity index (χ2v) is 9.11. The Bertz CT molecular complexity index is 993. The van der Waals surface area contributed by atoms with Crippen molar-refractivity contribution >= 4 is 37.2 Å². The summed E-state index contributed by atoms with van der Waals surface area (Å²) in [5.41, 5.74) is 2.19. The summed E-state index contributed by atoms with van der Waals surface area (Å²) >= 11 is 1.66. The fourth-order valence-corrected chi connectivity index (χ4v) is 4.21. The lowest BCUT2D eigenvalue weighted by Crippen LogP contribution is -2.09. The molecule has 0 fully saturated rings. The Kier molecular flexibility index (Phi) is 4.31. The van der Waals surface area contributed by atoms with Crippen LogP contribution in [-0.2, 0) is 9.84 Å². The van der Waals surface area contributed by atoms with Gasteiger partial charge in [-0.3, -0.25) is 0 Å². The van der Waals surface area contributed by atoms with E-state index in [2.05, 4.69) is 29.1 Å². The van der Waals surface area contributed by atoms with Crippen molar-refractivity contribution in [2.24, 2.45) is 0 Å². The molecule has 0 bridgehead atoms. The maximum Gasteiger partial charge on any atom is 0.175 e. The molecule has 126 valence electrons. The number of thiophene rings is 1. The van der Waals surface area contributed by atoms with Crippen LogP contribution < -0.4 is 5.32 Å². The molecule has 3 aromatic rings. The molecule has 0 aliphatic carbocycles. The normalized spacial score (nSPS) is 13.2.